The zero-order chi connectivity index (χ0) is 21.8. The normalized spacial score (nSPS) is 11.2. The second kappa shape index (κ2) is 9.07. The van der Waals surface area contributed by atoms with Gasteiger partial charge in [0.15, 0.2) is 9.84 Å². The van der Waals surface area contributed by atoms with Crippen molar-refractivity contribution < 1.29 is 8.42 Å². The lowest BCUT2D eigenvalue weighted by Gasteiger charge is -2.07. The molecule has 0 N–H and O–H groups in total. The fourth-order valence-electron chi connectivity index (χ4n) is 3.10. The van der Waals surface area contributed by atoms with E-state index in [9.17, 15) is 8.42 Å². The van der Waals surface area contributed by atoms with Crippen LogP contribution in [0.5, 0.6) is 0 Å². The number of para-hydroxylation sites is 1. The van der Waals surface area contributed by atoms with Gasteiger partial charge in [-0.05, 0) is 60.4 Å². The summed E-state index contributed by atoms with van der Waals surface area (Å²) in [6.45, 7) is 0. The molecule has 4 aromatic rings. The Morgan fingerprint density at radius 3 is 2.52 bits per heavy atom. The molecule has 0 aliphatic rings. The molecule has 7 heteroatoms. The average Bonchev–Trinajstić information content (AvgIpc) is 2.77. The van der Waals surface area contributed by atoms with Gasteiger partial charge in [-0.3, -0.25) is 4.98 Å². The number of halogens is 2. The molecule has 2 aromatic carbocycles. The van der Waals surface area contributed by atoms with Crippen LogP contribution < -0.4 is 0 Å². The van der Waals surface area contributed by atoms with Gasteiger partial charge in [-0.2, -0.15) is 0 Å². The van der Waals surface area contributed by atoms with Crippen LogP contribution in [0.15, 0.2) is 78.0 Å². The van der Waals surface area contributed by atoms with Gasteiger partial charge >= 0.3 is 0 Å². The fraction of sp³-hybridized carbons (Fsp3) is 0.0833. The number of aryl methyl sites for hydroxylation is 1. The van der Waals surface area contributed by atoms with Gasteiger partial charge in [0.25, 0.3) is 0 Å². The summed E-state index contributed by atoms with van der Waals surface area (Å²) < 4.78 is 25.6. The van der Waals surface area contributed by atoms with Gasteiger partial charge in [0.2, 0.25) is 0 Å². The number of hydrogen-bond acceptors (Lipinski definition) is 4. The van der Waals surface area contributed by atoms with E-state index in [4.69, 9.17) is 23.2 Å². The van der Waals surface area contributed by atoms with Crippen LogP contribution in [0.4, 0.5) is 0 Å². The molecule has 2 aromatic heterocycles. The first-order chi connectivity index (χ1) is 14.9. The van der Waals surface area contributed by atoms with Gasteiger partial charge in [0.05, 0.1) is 21.2 Å². The molecular weight excluding hydrogens is 451 g/mol. The van der Waals surface area contributed by atoms with E-state index in [1.54, 1.807) is 30.5 Å². The molecule has 0 aliphatic heterocycles. The van der Waals surface area contributed by atoms with Crippen molar-refractivity contribution in [2.75, 3.05) is 5.75 Å². The van der Waals surface area contributed by atoms with Crippen LogP contribution in [0.2, 0.25) is 10.0 Å². The quantitative estimate of drug-likeness (QED) is 0.380. The average molecular weight is 467 g/mol. The van der Waals surface area contributed by atoms with Crippen LogP contribution >= 0.6 is 23.2 Å². The Balaban J connectivity index is 1.50. The number of benzene rings is 2. The summed E-state index contributed by atoms with van der Waals surface area (Å²) in [5.41, 5.74) is 2.87. The molecule has 0 amide bonds. The topological polar surface area (TPSA) is 59.9 Å². The van der Waals surface area contributed by atoms with Crippen LogP contribution in [-0.4, -0.2) is 24.1 Å². The first-order valence-electron chi connectivity index (χ1n) is 9.41. The minimum absolute atomic E-state index is 0.0197. The maximum Gasteiger partial charge on any atom is 0.180 e. The predicted molar refractivity (Wildman–Crippen MR) is 124 cm³/mol. The summed E-state index contributed by atoms with van der Waals surface area (Å²) in [6.07, 6.45) is 3.43. The molecule has 0 bridgehead atoms. The van der Waals surface area contributed by atoms with Gasteiger partial charge in [-0.25, -0.2) is 13.4 Å². The summed E-state index contributed by atoms with van der Waals surface area (Å²) in [5, 5.41) is 1.94. The van der Waals surface area contributed by atoms with Crippen molar-refractivity contribution in [2.24, 2.45) is 0 Å². The van der Waals surface area contributed by atoms with Crippen molar-refractivity contribution in [1.82, 2.24) is 9.97 Å². The van der Waals surface area contributed by atoms with Crippen LogP contribution in [0.1, 0.15) is 16.8 Å². The lowest BCUT2D eigenvalue weighted by atomic mass is 10.1. The number of pyridine rings is 2. The van der Waals surface area contributed by atoms with Crippen molar-refractivity contribution >= 4 is 43.9 Å². The van der Waals surface area contributed by atoms with E-state index >= 15 is 0 Å². The molecule has 0 radical (unpaired) electrons. The molecule has 2 heterocycles. The molecule has 0 unspecified atom stereocenters. The highest BCUT2D eigenvalue weighted by Gasteiger charge is 2.16. The van der Waals surface area contributed by atoms with E-state index in [2.05, 4.69) is 21.8 Å². The zero-order valence-electron chi connectivity index (χ0n) is 16.2. The van der Waals surface area contributed by atoms with Gasteiger partial charge in [0.1, 0.15) is 5.69 Å². The highest BCUT2D eigenvalue weighted by Crippen LogP contribution is 2.21. The zero-order valence-corrected chi connectivity index (χ0v) is 18.5. The third kappa shape index (κ3) is 5.05. The second-order valence-electron chi connectivity index (χ2n) is 6.81. The number of aromatic nitrogens is 2. The minimum atomic E-state index is -3.49. The standard InChI is InChI=1S/C24H16Cl2N2O2S/c25-19-7-5-18(23(26)15-19)6-8-20-9-10-21(16-28-20)31(29,30)14-12-17-11-13-27-24-4-2-1-3-22(17)24/h1-5,7,9-11,13,15-16H,12,14H2. The Labute approximate surface area is 190 Å². The number of nitrogens with zero attached hydrogens (tertiary/aromatic N) is 2. The molecule has 4 rings (SSSR count). The molecule has 31 heavy (non-hydrogen) atoms. The van der Waals surface area contributed by atoms with Crippen molar-refractivity contribution in [3.8, 4) is 11.8 Å². The number of hydrogen-bond donors (Lipinski definition) is 0. The third-order valence-electron chi connectivity index (χ3n) is 4.73. The van der Waals surface area contributed by atoms with Crippen LogP contribution in [0, 0.1) is 11.8 Å². The van der Waals surface area contributed by atoms with Gasteiger partial charge in [-0.15, -0.1) is 0 Å². The highest BCUT2D eigenvalue weighted by molar-refractivity contribution is 7.91. The molecule has 0 spiro atoms. The highest BCUT2D eigenvalue weighted by atomic mass is 35.5. The third-order valence-corrected chi connectivity index (χ3v) is 6.98. The summed E-state index contributed by atoms with van der Waals surface area (Å²) in [7, 11) is -3.49. The SMILES string of the molecule is O=S(=O)(CCc1ccnc2ccccc12)c1ccc(C#Cc2ccc(Cl)cc2Cl)nc1. The van der Waals surface area contributed by atoms with Gasteiger partial charge < -0.3 is 0 Å². The maximum absolute atomic E-state index is 12.8. The summed E-state index contributed by atoms with van der Waals surface area (Å²) >= 11 is 12.0. The summed E-state index contributed by atoms with van der Waals surface area (Å²) in [5.74, 6) is 5.79. The van der Waals surface area contributed by atoms with Crippen molar-refractivity contribution in [3.05, 3.63) is 99.9 Å². The molecule has 154 valence electrons. The van der Waals surface area contributed by atoms with Crippen LogP contribution in [0.25, 0.3) is 10.9 Å². The molecule has 0 aliphatic carbocycles. The second-order valence-corrected chi connectivity index (χ2v) is 9.76. The van der Waals surface area contributed by atoms with E-state index in [0.717, 1.165) is 16.5 Å². The van der Waals surface area contributed by atoms with E-state index in [-0.39, 0.29) is 10.6 Å². The Kier molecular flexibility index (Phi) is 6.24. The summed E-state index contributed by atoms with van der Waals surface area (Å²) in [4.78, 5) is 8.66. The van der Waals surface area contributed by atoms with Gasteiger partial charge in [0, 0.05) is 28.4 Å². The monoisotopic (exact) mass is 466 g/mol. The van der Waals surface area contributed by atoms with Crippen LogP contribution in [0.3, 0.4) is 0 Å². The fourth-order valence-corrected chi connectivity index (χ4v) is 4.76. The molecule has 4 nitrogen and oxygen atoms in total. The number of sulfone groups is 1. The minimum Gasteiger partial charge on any atom is -0.256 e. The Morgan fingerprint density at radius 1 is 0.903 bits per heavy atom. The molecule has 0 fully saturated rings. The van der Waals surface area contributed by atoms with Crippen molar-refractivity contribution in [1.29, 1.82) is 0 Å². The maximum atomic E-state index is 12.8. The number of rotatable bonds is 4. The Bertz CT molecular complexity index is 1420. The van der Waals surface area contributed by atoms with E-state index in [1.807, 2.05) is 30.3 Å². The Hall–Kier alpha value is -2.91. The lowest BCUT2D eigenvalue weighted by molar-refractivity contribution is 0.595. The largest absolute Gasteiger partial charge is 0.256 e. The molecule has 0 saturated heterocycles. The first kappa shape index (κ1) is 21.3. The molecular formula is C24H16Cl2N2O2S. The van der Waals surface area contributed by atoms with Gasteiger partial charge in [-0.1, -0.05) is 47.3 Å². The van der Waals surface area contributed by atoms with Crippen molar-refractivity contribution in [2.45, 2.75) is 11.3 Å². The van der Waals surface area contributed by atoms with Crippen molar-refractivity contribution in [3.63, 3.8) is 0 Å². The predicted octanol–water partition coefficient (Wildman–Crippen LogP) is 5.35. The van der Waals surface area contributed by atoms with Crippen LogP contribution in [-0.2, 0) is 16.3 Å². The van der Waals surface area contributed by atoms with E-state index < -0.39 is 9.84 Å². The number of fused-ring (bicyclic) bond motifs is 1. The van der Waals surface area contributed by atoms with E-state index in [0.29, 0.717) is 27.7 Å². The summed E-state index contributed by atoms with van der Waals surface area (Å²) in [6, 6.07) is 17.7. The smallest absolute Gasteiger partial charge is 0.180 e. The lowest BCUT2D eigenvalue weighted by Crippen LogP contribution is -2.10. The molecule has 0 atom stereocenters. The molecule has 0 saturated carbocycles. The van der Waals surface area contributed by atoms with E-state index in [1.165, 1.54) is 12.3 Å². The first-order valence-corrected chi connectivity index (χ1v) is 11.8. The Morgan fingerprint density at radius 2 is 1.74 bits per heavy atom.